The molecule has 1 heterocycles. The second kappa shape index (κ2) is 7.94. The minimum absolute atomic E-state index is 0.231. The number of para-hydroxylation sites is 1. The van der Waals surface area contributed by atoms with Gasteiger partial charge in [0.25, 0.3) is 5.91 Å². The number of rotatable bonds is 4. The molecule has 0 aliphatic carbocycles. The van der Waals surface area contributed by atoms with Crippen LogP contribution in [0.5, 0.6) is 0 Å². The summed E-state index contributed by atoms with van der Waals surface area (Å²) in [5.41, 5.74) is 0.577. The van der Waals surface area contributed by atoms with Crippen molar-refractivity contribution in [1.29, 1.82) is 0 Å². The molecule has 1 saturated heterocycles. The molecule has 0 bridgehead atoms. The van der Waals surface area contributed by atoms with Gasteiger partial charge in [-0.3, -0.25) is 9.69 Å². The third-order valence-electron chi connectivity index (χ3n) is 3.98. The van der Waals surface area contributed by atoms with Crippen LogP contribution in [0.25, 0.3) is 0 Å². The molecule has 1 aliphatic heterocycles. The van der Waals surface area contributed by atoms with Gasteiger partial charge in [-0.1, -0.05) is 31.5 Å². The van der Waals surface area contributed by atoms with Gasteiger partial charge >= 0.3 is 5.97 Å². The molecule has 120 valence electrons. The molecule has 0 spiro atoms. The van der Waals surface area contributed by atoms with E-state index in [0.29, 0.717) is 5.69 Å². The molecule has 0 radical (unpaired) electrons. The number of carbonyl (C=O) groups excluding carboxylic acids is 2. The smallest absolute Gasteiger partial charge is 0.331 e. The van der Waals surface area contributed by atoms with Gasteiger partial charge in [-0.2, -0.15) is 0 Å². The van der Waals surface area contributed by atoms with Crippen LogP contribution in [0.2, 0.25) is 0 Å². The SMILES string of the molecule is CCC(=O)N(OC(=O)C(C)N1CCCCC1)c1ccccc1. The lowest BCUT2D eigenvalue weighted by molar-refractivity contribution is -0.155. The molecule has 0 saturated carbocycles. The van der Waals surface area contributed by atoms with Crippen molar-refractivity contribution in [3.8, 4) is 0 Å². The lowest BCUT2D eigenvalue weighted by atomic mass is 10.1. The van der Waals surface area contributed by atoms with Crippen LogP contribution in [0.4, 0.5) is 5.69 Å². The Morgan fingerprint density at radius 3 is 2.41 bits per heavy atom. The van der Waals surface area contributed by atoms with Gasteiger partial charge in [0.1, 0.15) is 6.04 Å². The average molecular weight is 304 g/mol. The molecular weight excluding hydrogens is 280 g/mol. The zero-order valence-corrected chi connectivity index (χ0v) is 13.3. The van der Waals surface area contributed by atoms with Crippen LogP contribution < -0.4 is 5.06 Å². The fourth-order valence-electron chi connectivity index (χ4n) is 2.58. The fraction of sp³-hybridized carbons (Fsp3) is 0.529. The first-order valence-electron chi connectivity index (χ1n) is 7.97. The number of amides is 1. The molecule has 1 amide bonds. The van der Waals surface area contributed by atoms with Gasteiger partial charge in [-0.15, -0.1) is 5.06 Å². The van der Waals surface area contributed by atoms with Crippen molar-refractivity contribution in [2.24, 2.45) is 0 Å². The van der Waals surface area contributed by atoms with Gasteiger partial charge in [0, 0.05) is 6.42 Å². The summed E-state index contributed by atoms with van der Waals surface area (Å²) in [6, 6.07) is 8.66. The lowest BCUT2D eigenvalue weighted by Crippen LogP contribution is -2.46. The van der Waals surface area contributed by atoms with E-state index in [-0.39, 0.29) is 24.3 Å². The Balaban J connectivity index is 2.06. The number of hydrogen-bond donors (Lipinski definition) is 0. The highest BCUT2D eigenvalue weighted by Gasteiger charge is 2.28. The molecule has 5 heteroatoms. The van der Waals surface area contributed by atoms with Crippen LogP contribution in [0.3, 0.4) is 0 Å². The van der Waals surface area contributed by atoms with Gasteiger partial charge in [0.05, 0.1) is 5.69 Å². The van der Waals surface area contributed by atoms with E-state index in [4.69, 9.17) is 4.84 Å². The molecule has 1 fully saturated rings. The van der Waals surface area contributed by atoms with Gasteiger partial charge < -0.3 is 4.84 Å². The van der Waals surface area contributed by atoms with E-state index in [1.807, 2.05) is 25.1 Å². The first-order valence-corrected chi connectivity index (χ1v) is 7.97. The predicted molar refractivity (Wildman–Crippen MR) is 85.2 cm³/mol. The van der Waals surface area contributed by atoms with Crippen LogP contribution in [0.1, 0.15) is 39.5 Å². The van der Waals surface area contributed by atoms with Gasteiger partial charge in [-0.25, -0.2) is 4.79 Å². The largest absolute Gasteiger partial charge is 0.349 e. The number of piperidine rings is 1. The van der Waals surface area contributed by atoms with Crippen LogP contribution >= 0.6 is 0 Å². The van der Waals surface area contributed by atoms with E-state index in [1.165, 1.54) is 6.42 Å². The predicted octanol–water partition coefficient (Wildman–Crippen LogP) is 2.76. The maximum Gasteiger partial charge on any atom is 0.349 e. The zero-order chi connectivity index (χ0) is 15.9. The number of carbonyl (C=O) groups is 2. The summed E-state index contributed by atoms with van der Waals surface area (Å²) in [5, 5.41) is 1.11. The monoisotopic (exact) mass is 304 g/mol. The summed E-state index contributed by atoms with van der Waals surface area (Å²) in [5.74, 6) is -0.613. The minimum Gasteiger partial charge on any atom is -0.331 e. The average Bonchev–Trinajstić information content (AvgIpc) is 2.59. The van der Waals surface area contributed by atoms with Crippen molar-refractivity contribution in [2.75, 3.05) is 18.2 Å². The van der Waals surface area contributed by atoms with E-state index >= 15 is 0 Å². The van der Waals surface area contributed by atoms with E-state index in [1.54, 1.807) is 19.1 Å². The standard InChI is InChI=1S/C17H24N2O3/c1-3-16(20)19(15-10-6-4-7-11-15)22-17(21)14(2)18-12-8-5-9-13-18/h4,6-7,10-11,14H,3,5,8-9,12-13H2,1-2H3. The topological polar surface area (TPSA) is 49.9 Å². The van der Waals surface area contributed by atoms with Crippen LogP contribution in [0, 0.1) is 0 Å². The van der Waals surface area contributed by atoms with Gasteiger partial charge in [-0.05, 0) is 45.0 Å². The van der Waals surface area contributed by atoms with Gasteiger partial charge in [0.2, 0.25) is 0 Å². The summed E-state index contributed by atoms with van der Waals surface area (Å²) < 4.78 is 0. The Labute approximate surface area is 131 Å². The van der Waals surface area contributed by atoms with Crippen LogP contribution in [0.15, 0.2) is 30.3 Å². The second-order valence-electron chi connectivity index (χ2n) is 5.56. The summed E-state index contributed by atoms with van der Waals surface area (Å²) in [4.78, 5) is 32.0. The van der Waals surface area contributed by atoms with E-state index < -0.39 is 0 Å². The van der Waals surface area contributed by atoms with Crippen molar-refractivity contribution in [3.05, 3.63) is 30.3 Å². The minimum atomic E-state index is -0.382. The summed E-state index contributed by atoms with van der Waals surface area (Å²) in [6.45, 7) is 5.40. The first-order chi connectivity index (χ1) is 10.6. The number of hydroxylamine groups is 1. The summed E-state index contributed by atoms with van der Waals surface area (Å²) in [7, 11) is 0. The van der Waals surface area contributed by atoms with Crippen molar-refractivity contribution < 1.29 is 14.4 Å². The Kier molecular flexibility index (Phi) is 5.95. The van der Waals surface area contributed by atoms with Crippen LogP contribution in [-0.2, 0) is 14.4 Å². The highest BCUT2D eigenvalue weighted by Crippen LogP contribution is 2.18. The van der Waals surface area contributed by atoms with Gasteiger partial charge in [0.15, 0.2) is 0 Å². The summed E-state index contributed by atoms with van der Waals surface area (Å²) in [6.07, 6.45) is 3.70. The van der Waals surface area contributed by atoms with E-state index in [9.17, 15) is 9.59 Å². The maximum absolute atomic E-state index is 12.4. The Bertz CT molecular complexity index is 498. The molecule has 5 nitrogen and oxygen atoms in total. The molecule has 1 atom stereocenters. The molecule has 0 aromatic heterocycles. The number of benzene rings is 1. The number of anilines is 1. The van der Waals surface area contributed by atoms with E-state index in [0.717, 1.165) is 31.0 Å². The number of nitrogens with zero attached hydrogens (tertiary/aromatic N) is 2. The van der Waals surface area contributed by atoms with E-state index in [2.05, 4.69) is 4.90 Å². The van der Waals surface area contributed by atoms with Crippen molar-refractivity contribution in [1.82, 2.24) is 4.90 Å². The molecule has 2 rings (SSSR count). The first kappa shape index (κ1) is 16.5. The Hall–Kier alpha value is -1.88. The highest BCUT2D eigenvalue weighted by molar-refractivity contribution is 5.93. The number of hydrogen-bond acceptors (Lipinski definition) is 4. The Morgan fingerprint density at radius 2 is 1.82 bits per heavy atom. The lowest BCUT2D eigenvalue weighted by Gasteiger charge is -2.32. The van der Waals surface area contributed by atoms with Crippen molar-refractivity contribution in [3.63, 3.8) is 0 Å². The molecular formula is C17H24N2O3. The van der Waals surface area contributed by atoms with Crippen LogP contribution in [-0.4, -0.2) is 35.9 Å². The molecule has 1 aromatic rings. The Morgan fingerprint density at radius 1 is 1.18 bits per heavy atom. The highest BCUT2D eigenvalue weighted by atomic mass is 16.7. The zero-order valence-electron chi connectivity index (χ0n) is 13.3. The molecule has 1 aliphatic rings. The molecule has 1 aromatic carbocycles. The second-order valence-corrected chi connectivity index (χ2v) is 5.56. The normalized spacial score (nSPS) is 16.8. The van der Waals surface area contributed by atoms with Crippen molar-refractivity contribution >= 4 is 17.6 Å². The third kappa shape index (κ3) is 4.07. The third-order valence-corrected chi connectivity index (χ3v) is 3.98. The maximum atomic E-state index is 12.4. The number of likely N-dealkylation sites (tertiary alicyclic amines) is 1. The molecule has 22 heavy (non-hydrogen) atoms. The van der Waals surface area contributed by atoms with Crippen molar-refractivity contribution in [2.45, 2.75) is 45.6 Å². The molecule has 1 unspecified atom stereocenters. The summed E-state index contributed by atoms with van der Waals surface area (Å²) >= 11 is 0. The fourth-order valence-corrected chi connectivity index (χ4v) is 2.58. The molecule has 0 N–H and O–H groups in total. The quantitative estimate of drug-likeness (QED) is 0.803.